The molecule has 0 saturated carbocycles. The Morgan fingerprint density at radius 1 is 0.818 bits per heavy atom. The monoisotopic (exact) mass is 458 g/mol. The first-order chi connectivity index (χ1) is 15.8. The molecule has 0 saturated heterocycles. The lowest BCUT2D eigenvalue weighted by Gasteiger charge is -2.44. The average Bonchev–Trinajstić information content (AvgIpc) is 2.81. The van der Waals surface area contributed by atoms with Crippen molar-refractivity contribution < 1.29 is 14.3 Å². The molecule has 3 aromatic rings. The molecule has 0 aromatic heterocycles. The van der Waals surface area contributed by atoms with Crippen LogP contribution in [0.2, 0.25) is 5.04 Å². The molecule has 3 aromatic carbocycles. The van der Waals surface area contributed by atoms with Crippen LogP contribution in [0.25, 0.3) is 0 Å². The van der Waals surface area contributed by atoms with Gasteiger partial charge in [-0.25, -0.2) is 0 Å². The minimum absolute atomic E-state index is 0.124. The fourth-order valence-electron chi connectivity index (χ4n) is 4.84. The van der Waals surface area contributed by atoms with Crippen molar-refractivity contribution in [2.24, 2.45) is 0 Å². The van der Waals surface area contributed by atoms with E-state index in [1.165, 1.54) is 15.9 Å². The van der Waals surface area contributed by atoms with Gasteiger partial charge in [0, 0.05) is 0 Å². The lowest BCUT2D eigenvalue weighted by atomic mass is 9.99. The fourth-order valence-corrected chi connectivity index (χ4v) is 9.41. The standard InChI is InChI=1S/C29H34O3Si/c1-22-13-11-12-18-25(22)27-20-19-26(30)28(32-27)21-31-33(29(2,3)4,23-14-7-5-8-15-23)24-16-9-6-10-17-24/h5-20,26-28,30H,21H2,1-4H3/t26-,27+,28-/m1/s1. The molecule has 1 heterocycles. The summed E-state index contributed by atoms with van der Waals surface area (Å²) < 4.78 is 13.4. The highest BCUT2D eigenvalue weighted by Gasteiger charge is 2.50. The highest BCUT2D eigenvalue weighted by atomic mass is 28.4. The van der Waals surface area contributed by atoms with Gasteiger partial charge in [0.25, 0.3) is 8.32 Å². The Labute approximate surface area is 198 Å². The number of aliphatic hydroxyl groups excluding tert-OH is 1. The van der Waals surface area contributed by atoms with Crippen molar-refractivity contribution in [3.05, 3.63) is 108 Å². The molecule has 1 aliphatic heterocycles. The first-order valence-corrected chi connectivity index (χ1v) is 13.6. The highest BCUT2D eigenvalue weighted by molar-refractivity contribution is 6.99. The SMILES string of the molecule is Cc1ccccc1[C@@H]1C=C[C@@H](O)[C@@H](CO[Si](c2ccccc2)(c2ccccc2)C(C)(C)C)O1. The number of hydrogen-bond donors (Lipinski definition) is 1. The highest BCUT2D eigenvalue weighted by Crippen LogP contribution is 2.37. The summed E-state index contributed by atoms with van der Waals surface area (Å²) in [6.45, 7) is 9.18. The van der Waals surface area contributed by atoms with Gasteiger partial charge in [-0.3, -0.25) is 0 Å². The predicted octanol–water partition coefficient (Wildman–Crippen LogP) is 4.93. The van der Waals surface area contributed by atoms with E-state index in [1.54, 1.807) is 0 Å². The Balaban J connectivity index is 1.68. The molecule has 4 heteroatoms. The van der Waals surface area contributed by atoms with Gasteiger partial charge in [0.05, 0.1) is 6.61 Å². The molecule has 33 heavy (non-hydrogen) atoms. The van der Waals surface area contributed by atoms with Crippen LogP contribution in [0.15, 0.2) is 97.1 Å². The third kappa shape index (κ3) is 4.75. The number of benzene rings is 3. The Morgan fingerprint density at radius 2 is 1.36 bits per heavy atom. The van der Waals surface area contributed by atoms with Crippen molar-refractivity contribution >= 4 is 18.7 Å². The van der Waals surface area contributed by atoms with Crippen LogP contribution in [-0.4, -0.2) is 32.2 Å². The lowest BCUT2D eigenvalue weighted by molar-refractivity contribution is -0.0776. The van der Waals surface area contributed by atoms with Gasteiger partial charge in [0.15, 0.2) is 0 Å². The fraction of sp³-hybridized carbons (Fsp3) is 0.310. The summed E-state index contributed by atoms with van der Waals surface area (Å²) in [5.74, 6) is 0. The molecule has 0 amide bonds. The molecule has 3 atom stereocenters. The van der Waals surface area contributed by atoms with Gasteiger partial charge in [0.2, 0.25) is 0 Å². The number of ether oxygens (including phenoxy) is 1. The molecule has 0 radical (unpaired) electrons. The van der Waals surface area contributed by atoms with Gasteiger partial charge in [-0.1, -0.05) is 118 Å². The second-order valence-electron chi connectivity index (χ2n) is 9.80. The van der Waals surface area contributed by atoms with Crippen molar-refractivity contribution in [3.8, 4) is 0 Å². The Kier molecular flexibility index (Phi) is 7.01. The van der Waals surface area contributed by atoms with Crippen molar-refractivity contribution in [1.29, 1.82) is 0 Å². The maximum Gasteiger partial charge on any atom is 0.261 e. The smallest absolute Gasteiger partial charge is 0.261 e. The van der Waals surface area contributed by atoms with Gasteiger partial charge in [0.1, 0.15) is 18.3 Å². The van der Waals surface area contributed by atoms with Crippen molar-refractivity contribution in [2.75, 3.05) is 6.61 Å². The Bertz CT molecular complexity index is 1030. The normalized spacial score (nSPS) is 21.2. The van der Waals surface area contributed by atoms with Crippen LogP contribution in [-0.2, 0) is 9.16 Å². The molecule has 0 spiro atoms. The largest absolute Gasteiger partial charge is 0.405 e. The van der Waals surface area contributed by atoms with Crippen molar-refractivity contribution in [3.63, 3.8) is 0 Å². The summed E-state index contributed by atoms with van der Waals surface area (Å²) >= 11 is 0. The number of hydrogen-bond acceptors (Lipinski definition) is 3. The lowest BCUT2D eigenvalue weighted by Crippen LogP contribution is -2.67. The van der Waals surface area contributed by atoms with Gasteiger partial charge in [-0.15, -0.1) is 0 Å². The third-order valence-corrected chi connectivity index (χ3v) is 11.6. The van der Waals surface area contributed by atoms with E-state index < -0.39 is 20.5 Å². The van der Waals surface area contributed by atoms with E-state index in [1.807, 2.05) is 36.4 Å². The second-order valence-corrected chi connectivity index (χ2v) is 14.1. The molecule has 3 nitrogen and oxygen atoms in total. The summed E-state index contributed by atoms with van der Waals surface area (Å²) in [7, 11) is -2.69. The second kappa shape index (κ2) is 9.78. The molecular formula is C29H34O3Si. The molecular weight excluding hydrogens is 424 g/mol. The number of rotatable bonds is 6. The summed E-state index contributed by atoms with van der Waals surface area (Å²) in [5, 5.41) is 13.1. The summed E-state index contributed by atoms with van der Waals surface area (Å²) in [6.07, 6.45) is 2.46. The predicted molar refractivity (Wildman–Crippen MR) is 138 cm³/mol. The zero-order valence-electron chi connectivity index (χ0n) is 19.9. The molecule has 4 rings (SSSR count). The van der Waals surface area contributed by atoms with E-state index in [-0.39, 0.29) is 11.1 Å². The van der Waals surface area contributed by atoms with Crippen LogP contribution in [0.3, 0.4) is 0 Å². The first kappa shape index (κ1) is 23.6. The van der Waals surface area contributed by atoms with Gasteiger partial charge in [-0.05, 0) is 33.5 Å². The molecule has 0 fully saturated rings. The first-order valence-electron chi connectivity index (χ1n) is 11.7. The zero-order valence-corrected chi connectivity index (χ0v) is 20.9. The number of aliphatic hydroxyl groups is 1. The third-order valence-electron chi connectivity index (χ3n) is 6.56. The molecule has 1 aliphatic rings. The van der Waals surface area contributed by atoms with Gasteiger partial charge in [-0.2, -0.15) is 0 Å². The van der Waals surface area contributed by atoms with Crippen LogP contribution in [0.5, 0.6) is 0 Å². The quantitative estimate of drug-likeness (QED) is 0.421. The Morgan fingerprint density at radius 3 is 1.91 bits per heavy atom. The van der Waals surface area contributed by atoms with E-state index >= 15 is 0 Å². The summed E-state index contributed by atoms with van der Waals surface area (Å²) in [6, 6.07) is 29.4. The van der Waals surface area contributed by atoms with E-state index in [4.69, 9.17) is 9.16 Å². The molecule has 0 bridgehead atoms. The van der Waals surface area contributed by atoms with E-state index in [0.717, 1.165) is 5.56 Å². The maximum absolute atomic E-state index is 10.8. The molecule has 172 valence electrons. The van der Waals surface area contributed by atoms with Crippen LogP contribution in [0, 0.1) is 6.92 Å². The van der Waals surface area contributed by atoms with Gasteiger partial charge < -0.3 is 14.3 Å². The van der Waals surface area contributed by atoms with E-state index in [2.05, 4.69) is 88.4 Å². The van der Waals surface area contributed by atoms with E-state index in [9.17, 15) is 5.11 Å². The zero-order chi connectivity index (χ0) is 23.5. The maximum atomic E-state index is 10.8. The van der Waals surface area contributed by atoms with Crippen LogP contribution in [0.1, 0.15) is 38.0 Å². The summed E-state index contributed by atoms with van der Waals surface area (Å²) in [4.78, 5) is 0. The van der Waals surface area contributed by atoms with Gasteiger partial charge >= 0.3 is 0 Å². The number of aryl methyl sites for hydroxylation is 1. The minimum atomic E-state index is -2.69. The topological polar surface area (TPSA) is 38.7 Å². The Hall–Kier alpha value is -2.50. The average molecular weight is 459 g/mol. The van der Waals surface area contributed by atoms with Crippen LogP contribution in [0.4, 0.5) is 0 Å². The minimum Gasteiger partial charge on any atom is -0.405 e. The molecule has 0 unspecified atom stereocenters. The molecule has 1 N–H and O–H groups in total. The summed E-state index contributed by atoms with van der Waals surface area (Å²) in [5.41, 5.74) is 2.30. The van der Waals surface area contributed by atoms with E-state index in [0.29, 0.717) is 6.61 Å². The van der Waals surface area contributed by atoms with Crippen LogP contribution >= 0.6 is 0 Å². The van der Waals surface area contributed by atoms with Crippen LogP contribution < -0.4 is 10.4 Å². The van der Waals surface area contributed by atoms with Crippen molar-refractivity contribution in [2.45, 2.75) is 51.0 Å². The molecule has 0 aliphatic carbocycles. The van der Waals surface area contributed by atoms with Crippen molar-refractivity contribution in [1.82, 2.24) is 0 Å².